The van der Waals surface area contributed by atoms with Gasteiger partial charge in [-0.1, -0.05) is 73.4 Å². The lowest BCUT2D eigenvalue weighted by Crippen LogP contribution is -2.39. The molecule has 0 saturated carbocycles. The number of hydrogen-bond acceptors (Lipinski definition) is 8. The maximum Gasteiger partial charge on any atom is 0.304 e. The van der Waals surface area contributed by atoms with Gasteiger partial charge < -0.3 is 20.1 Å². The lowest BCUT2D eigenvalue weighted by Gasteiger charge is -2.34. The second-order valence-corrected chi connectivity index (χ2v) is 13.1. The first-order chi connectivity index (χ1) is 17.4. The minimum atomic E-state index is -0.762. The number of ketones is 2. The Kier molecular flexibility index (Phi) is 8.48. The van der Waals surface area contributed by atoms with E-state index in [-0.39, 0.29) is 33.8 Å². The van der Waals surface area contributed by atoms with Gasteiger partial charge in [0.2, 0.25) is 0 Å². The predicted molar refractivity (Wildman–Crippen MR) is 152 cm³/mol. The van der Waals surface area contributed by atoms with E-state index in [4.69, 9.17) is 9.47 Å². The molecule has 0 aromatic heterocycles. The van der Waals surface area contributed by atoms with E-state index in [2.05, 4.69) is 42.5 Å². The monoisotopic (exact) mass is 650 g/mol. The van der Waals surface area contributed by atoms with Crippen LogP contribution in [-0.4, -0.2) is 36.0 Å². The Morgan fingerprint density at radius 3 is 1.24 bits per heavy atom. The van der Waals surface area contributed by atoms with Crippen LogP contribution in [0.25, 0.3) is 0 Å². The highest BCUT2D eigenvalue weighted by molar-refractivity contribution is 9.10. The Bertz CT molecular complexity index is 1220. The SMILES string of the molecule is CC(=O)OC(Nc1ccc(Br)c2c1C(=O)c1c(Br)ccc(NC(OC(C)=O)C(C)(C)C)c1C2=O)C(C)(C)C. The summed E-state index contributed by atoms with van der Waals surface area (Å²) in [4.78, 5) is 51.7. The van der Waals surface area contributed by atoms with Crippen LogP contribution in [0.4, 0.5) is 11.4 Å². The molecule has 0 spiro atoms. The van der Waals surface area contributed by atoms with Crippen LogP contribution in [0.15, 0.2) is 33.2 Å². The third-order valence-electron chi connectivity index (χ3n) is 5.93. The van der Waals surface area contributed by atoms with Crippen molar-refractivity contribution in [1.82, 2.24) is 0 Å². The molecule has 2 atom stereocenters. The summed E-state index contributed by atoms with van der Waals surface area (Å²) in [5.74, 6) is -1.72. The van der Waals surface area contributed by atoms with Crippen molar-refractivity contribution in [3.63, 3.8) is 0 Å². The van der Waals surface area contributed by atoms with E-state index in [1.54, 1.807) is 24.3 Å². The summed E-state index contributed by atoms with van der Waals surface area (Å²) in [6, 6.07) is 6.70. The van der Waals surface area contributed by atoms with Crippen LogP contribution >= 0.6 is 31.9 Å². The molecule has 0 amide bonds. The minimum absolute atomic E-state index is 0.170. The summed E-state index contributed by atoms with van der Waals surface area (Å²) >= 11 is 6.91. The first kappa shape index (κ1) is 29.8. The fourth-order valence-electron chi connectivity index (χ4n) is 4.02. The molecule has 2 unspecified atom stereocenters. The lowest BCUT2D eigenvalue weighted by atomic mass is 9.81. The summed E-state index contributed by atoms with van der Waals surface area (Å²) < 4.78 is 11.9. The van der Waals surface area contributed by atoms with E-state index in [0.717, 1.165) is 0 Å². The molecule has 0 saturated heterocycles. The molecule has 204 valence electrons. The number of ether oxygens (including phenoxy) is 2. The number of hydrogen-bond donors (Lipinski definition) is 2. The van der Waals surface area contributed by atoms with Crippen molar-refractivity contribution in [3.05, 3.63) is 55.5 Å². The van der Waals surface area contributed by atoms with Crippen molar-refractivity contribution in [2.24, 2.45) is 10.8 Å². The van der Waals surface area contributed by atoms with Crippen molar-refractivity contribution in [2.45, 2.75) is 67.8 Å². The van der Waals surface area contributed by atoms with Crippen molar-refractivity contribution in [1.29, 1.82) is 0 Å². The third-order valence-corrected chi connectivity index (χ3v) is 7.25. The number of fused-ring (bicyclic) bond motifs is 2. The molecule has 2 N–H and O–H groups in total. The topological polar surface area (TPSA) is 111 Å². The zero-order chi connectivity index (χ0) is 28.7. The Balaban J connectivity index is 2.19. The number of nitrogens with one attached hydrogen (secondary N) is 2. The Hall–Kier alpha value is -2.72. The van der Waals surface area contributed by atoms with Crippen LogP contribution in [0, 0.1) is 10.8 Å². The Labute approximate surface area is 239 Å². The molecular formula is C28H32Br2N2O6. The summed E-state index contributed by atoms with van der Waals surface area (Å²) in [7, 11) is 0. The average Bonchev–Trinajstić information content (AvgIpc) is 2.76. The Morgan fingerprint density at radius 1 is 0.658 bits per heavy atom. The summed E-state index contributed by atoms with van der Waals surface area (Å²) in [5.41, 5.74) is 0.417. The van der Waals surface area contributed by atoms with Crippen molar-refractivity contribution in [2.75, 3.05) is 10.6 Å². The fourth-order valence-corrected chi connectivity index (χ4v) is 5.04. The zero-order valence-corrected chi connectivity index (χ0v) is 25.8. The maximum atomic E-state index is 14.0. The standard InChI is InChI=1S/C28H32Br2N2O6/c1-13(33)37-25(27(3,4)5)31-17-11-9-15(29)19-21(17)23(35)20-16(30)10-12-18(22(20)24(19)36)32-26(28(6,7)8)38-14(2)34/h9-12,25-26,31-32H,1-8H3. The van der Waals surface area contributed by atoms with E-state index in [9.17, 15) is 19.2 Å². The van der Waals surface area contributed by atoms with Gasteiger partial charge in [-0.25, -0.2) is 0 Å². The van der Waals surface area contributed by atoms with Crippen LogP contribution in [0.1, 0.15) is 87.2 Å². The second-order valence-electron chi connectivity index (χ2n) is 11.3. The second kappa shape index (κ2) is 10.8. The summed E-state index contributed by atoms with van der Waals surface area (Å²) in [5, 5.41) is 6.34. The lowest BCUT2D eigenvalue weighted by molar-refractivity contribution is -0.150. The maximum absolute atomic E-state index is 14.0. The van der Waals surface area contributed by atoms with Gasteiger partial charge in [-0.2, -0.15) is 0 Å². The van der Waals surface area contributed by atoms with Gasteiger partial charge in [0.05, 0.1) is 22.3 Å². The highest BCUT2D eigenvalue weighted by Gasteiger charge is 2.39. The van der Waals surface area contributed by atoms with Crippen LogP contribution < -0.4 is 10.6 Å². The van der Waals surface area contributed by atoms with E-state index < -0.39 is 35.2 Å². The highest BCUT2D eigenvalue weighted by atomic mass is 79.9. The van der Waals surface area contributed by atoms with Crippen LogP contribution in [0.5, 0.6) is 0 Å². The highest BCUT2D eigenvalue weighted by Crippen LogP contribution is 2.42. The molecule has 2 aromatic rings. The van der Waals surface area contributed by atoms with Gasteiger partial charge in [-0.15, -0.1) is 0 Å². The van der Waals surface area contributed by atoms with Gasteiger partial charge in [0.15, 0.2) is 24.0 Å². The number of carbonyl (C=O) groups is 4. The normalized spacial score (nSPS) is 14.7. The molecule has 8 nitrogen and oxygen atoms in total. The third kappa shape index (κ3) is 6.12. The predicted octanol–water partition coefficient (Wildman–Crippen LogP) is 6.68. The number of halogens is 2. The molecule has 10 heteroatoms. The van der Waals surface area contributed by atoms with E-state index >= 15 is 0 Å². The van der Waals surface area contributed by atoms with Gasteiger partial charge in [0, 0.05) is 45.0 Å². The van der Waals surface area contributed by atoms with Crippen LogP contribution in [-0.2, 0) is 19.1 Å². The molecular weight excluding hydrogens is 620 g/mol. The molecule has 38 heavy (non-hydrogen) atoms. The number of rotatable bonds is 6. The number of benzene rings is 2. The summed E-state index contributed by atoms with van der Waals surface area (Å²) in [6.45, 7) is 14.0. The molecule has 1 aliphatic carbocycles. The average molecular weight is 652 g/mol. The Morgan fingerprint density at radius 2 is 0.974 bits per heavy atom. The first-order valence-electron chi connectivity index (χ1n) is 12.1. The number of esters is 2. The molecule has 0 fully saturated rings. The van der Waals surface area contributed by atoms with E-state index in [0.29, 0.717) is 20.3 Å². The van der Waals surface area contributed by atoms with Crippen molar-refractivity contribution < 1.29 is 28.7 Å². The molecule has 1 aliphatic rings. The van der Waals surface area contributed by atoms with Gasteiger partial charge in [0.25, 0.3) is 0 Å². The zero-order valence-electron chi connectivity index (χ0n) is 22.7. The first-order valence-corrected chi connectivity index (χ1v) is 13.6. The smallest absolute Gasteiger partial charge is 0.304 e. The number of anilines is 2. The van der Waals surface area contributed by atoms with Gasteiger partial charge >= 0.3 is 11.9 Å². The van der Waals surface area contributed by atoms with Crippen molar-refractivity contribution >= 4 is 66.7 Å². The molecule has 2 aromatic carbocycles. The van der Waals surface area contributed by atoms with Gasteiger partial charge in [-0.3, -0.25) is 19.2 Å². The fraction of sp³-hybridized carbons (Fsp3) is 0.429. The quantitative estimate of drug-likeness (QED) is 0.224. The summed E-state index contributed by atoms with van der Waals surface area (Å²) in [6.07, 6.45) is -1.52. The molecule has 0 aliphatic heterocycles. The molecule has 0 radical (unpaired) electrons. The van der Waals surface area contributed by atoms with Gasteiger partial charge in [0.1, 0.15) is 0 Å². The molecule has 0 heterocycles. The van der Waals surface area contributed by atoms with Gasteiger partial charge in [-0.05, 0) is 24.3 Å². The largest absolute Gasteiger partial charge is 0.441 e. The van der Waals surface area contributed by atoms with Crippen molar-refractivity contribution in [3.8, 4) is 0 Å². The number of carbonyl (C=O) groups excluding carboxylic acids is 4. The van der Waals surface area contributed by atoms with Crippen LogP contribution in [0.3, 0.4) is 0 Å². The minimum Gasteiger partial charge on any atom is -0.441 e. The van der Waals surface area contributed by atoms with E-state index in [1.807, 2.05) is 41.5 Å². The van der Waals surface area contributed by atoms with Crippen LogP contribution in [0.2, 0.25) is 0 Å². The molecule has 3 rings (SSSR count). The molecule has 0 bridgehead atoms. The van der Waals surface area contributed by atoms with E-state index in [1.165, 1.54) is 13.8 Å².